The van der Waals surface area contributed by atoms with Gasteiger partial charge in [0.1, 0.15) is 11.5 Å². The number of halogens is 4. The second-order valence-corrected chi connectivity index (χ2v) is 7.68. The quantitative estimate of drug-likeness (QED) is 0.319. The topological polar surface area (TPSA) is 78.4 Å². The van der Waals surface area contributed by atoms with Crippen molar-refractivity contribution in [3.63, 3.8) is 0 Å². The van der Waals surface area contributed by atoms with Crippen LogP contribution >= 0.6 is 12.4 Å². The van der Waals surface area contributed by atoms with Crippen LogP contribution < -0.4 is 21.5 Å². The summed E-state index contributed by atoms with van der Waals surface area (Å²) in [6.07, 6.45) is 0. The van der Waals surface area contributed by atoms with Gasteiger partial charge in [0.2, 0.25) is 0 Å². The Balaban J connectivity index is 0.00000324. The first kappa shape index (κ1) is 25.0. The highest BCUT2D eigenvalue weighted by Gasteiger charge is 2.22. The third kappa shape index (κ3) is 4.98. The molecule has 5 nitrogen and oxygen atoms in total. The van der Waals surface area contributed by atoms with Gasteiger partial charge in [-0.2, -0.15) is 0 Å². The van der Waals surface area contributed by atoms with Gasteiger partial charge in [0.25, 0.3) is 10.9 Å². The molecule has 34 heavy (non-hydrogen) atoms. The van der Waals surface area contributed by atoms with Gasteiger partial charge < -0.3 is 10.4 Å². The maximum Gasteiger partial charge on any atom is 0.271 e. The fourth-order valence-electron chi connectivity index (χ4n) is 3.60. The maximum absolute atomic E-state index is 13.7. The predicted molar refractivity (Wildman–Crippen MR) is 126 cm³/mol. The molecule has 0 aromatic heterocycles. The molecule has 4 rings (SSSR count). The van der Waals surface area contributed by atoms with Gasteiger partial charge >= 0.3 is 0 Å². The number of hydrogen-bond acceptors (Lipinski definition) is 5. The van der Waals surface area contributed by atoms with Crippen molar-refractivity contribution < 1.29 is 18.3 Å². The van der Waals surface area contributed by atoms with Crippen LogP contribution in [-0.2, 0) is 0 Å². The van der Waals surface area contributed by atoms with Crippen LogP contribution in [0.1, 0.15) is 35.7 Å². The van der Waals surface area contributed by atoms with Gasteiger partial charge in [-0.25, -0.2) is 13.2 Å². The molecule has 0 bridgehead atoms. The van der Waals surface area contributed by atoms with E-state index in [9.17, 15) is 27.9 Å². The average Bonchev–Trinajstić information content (AvgIpc) is 2.82. The monoisotopic (exact) mass is 488 g/mol. The van der Waals surface area contributed by atoms with Crippen molar-refractivity contribution in [1.29, 1.82) is 0 Å². The molecule has 0 fully saturated rings. The van der Waals surface area contributed by atoms with Crippen LogP contribution in [0.25, 0.3) is 0 Å². The van der Waals surface area contributed by atoms with Crippen LogP contribution in [0.2, 0.25) is 0 Å². The van der Waals surface area contributed by atoms with Crippen molar-refractivity contribution in [1.82, 2.24) is 5.32 Å². The highest BCUT2D eigenvalue weighted by Crippen LogP contribution is 2.30. The summed E-state index contributed by atoms with van der Waals surface area (Å²) in [6.45, 7) is 1.78. The van der Waals surface area contributed by atoms with E-state index in [1.54, 1.807) is 43.3 Å². The Morgan fingerprint density at radius 1 is 0.794 bits per heavy atom. The van der Waals surface area contributed by atoms with E-state index in [1.807, 2.05) is 0 Å². The molecular formula is C25H20ClF3N2O3. The van der Waals surface area contributed by atoms with E-state index >= 15 is 0 Å². The zero-order valence-corrected chi connectivity index (χ0v) is 18.6. The lowest BCUT2D eigenvalue weighted by Gasteiger charge is -2.25. The summed E-state index contributed by atoms with van der Waals surface area (Å²) in [4.78, 5) is 22.9. The van der Waals surface area contributed by atoms with Crippen molar-refractivity contribution in [2.45, 2.75) is 19.0 Å². The minimum absolute atomic E-state index is 0. The molecule has 0 aliphatic rings. The van der Waals surface area contributed by atoms with Crippen molar-refractivity contribution >= 4 is 23.8 Å². The molecular weight excluding hydrogens is 469 g/mol. The first-order chi connectivity index (χ1) is 15.7. The molecule has 4 aromatic rings. The first-order valence-electron chi connectivity index (χ1n) is 10.1. The molecule has 2 atom stereocenters. The van der Waals surface area contributed by atoms with E-state index in [2.05, 4.69) is 10.6 Å². The SMILES string of the molecule is C[C@@H](NC(c1ccc(F)cc1)c1cccc(Nc2c(O)c(=O)c2=O)c1)c1ccc(F)c(F)c1.Cl. The average molecular weight is 489 g/mol. The third-order valence-corrected chi connectivity index (χ3v) is 5.44. The highest BCUT2D eigenvalue weighted by atomic mass is 35.5. The number of aromatic hydroxyl groups is 1. The summed E-state index contributed by atoms with van der Waals surface area (Å²) in [6, 6.07) is 15.4. The maximum atomic E-state index is 13.7. The fourth-order valence-corrected chi connectivity index (χ4v) is 3.60. The number of nitrogens with one attached hydrogen (secondary N) is 2. The molecule has 9 heteroatoms. The summed E-state index contributed by atoms with van der Waals surface area (Å²) in [5.74, 6) is -2.93. The molecule has 3 N–H and O–H groups in total. The summed E-state index contributed by atoms with van der Waals surface area (Å²) in [5.41, 5.74) is 0.448. The normalized spacial score (nSPS) is 12.7. The van der Waals surface area contributed by atoms with Crippen LogP contribution in [0, 0.1) is 17.5 Å². The van der Waals surface area contributed by atoms with E-state index in [0.29, 0.717) is 22.4 Å². The molecule has 0 heterocycles. The van der Waals surface area contributed by atoms with Crippen LogP contribution in [-0.4, -0.2) is 5.11 Å². The number of rotatable bonds is 7. The first-order valence-corrected chi connectivity index (χ1v) is 10.1. The van der Waals surface area contributed by atoms with E-state index in [-0.39, 0.29) is 18.1 Å². The zero-order chi connectivity index (χ0) is 23.7. The van der Waals surface area contributed by atoms with Gasteiger partial charge in [-0.3, -0.25) is 14.9 Å². The lowest BCUT2D eigenvalue weighted by atomic mass is 9.96. The minimum atomic E-state index is -0.960. The van der Waals surface area contributed by atoms with Gasteiger partial charge in [-0.15, -0.1) is 12.4 Å². The second-order valence-electron chi connectivity index (χ2n) is 7.68. The Morgan fingerprint density at radius 3 is 2.12 bits per heavy atom. The number of anilines is 2. The number of benzene rings is 3. The third-order valence-electron chi connectivity index (χ3n) is 5.44. The molecule has 0 aliphatic carbocycles. The van der Waals surface area contributed by atoms with Crippen LogP contribution in [0.5, 0.6) is 5.75 Å². The fraction of sp³-hybridized carbons (Fsp3) is 0.120. The zero-order valence-electron chi connectivity index (χ0n) is 17.8. The molecule has 4 aromatic carbocycles. The van der Waals surface area contributed by atoms with Crippen LogP contribution in [0.15, 0.2) is 76.3 Å². The molecule has 0 aliphatic heterocycles. The van der Waals surface area contributed by atoms with Gasteiger partial charge in [0, 0.05) is 11.7 Å². The van der Waals surface area contributed by atoms with Crippen LogP contribution in [0.3, 0.4) is 0 Å². The Hall–Kier alpha value is -3.62. The summed E-state index contributed by atoms with van der Waals surface area (Å²) >= 11 is 0. The van der Waals surface area contributed by atoms with Gasteiger partial charge in [0.15, 0.2) is 17.4 Å². The number of hydrogen-bond donors (Lipinski definition) is 3. The van der Waals surface area contributed by atoms with E-state index in [4.69, 9.17) is 0 Å². The molecule has 0 saturated heterocycles. The Kier molecular flexibility index (Phi) is 7.44. The van der Waals surface area contributed by atoms with Gasteiger partial charge in [0.05, 0.1) is 6.04 Å². The predicted octanol–water partition coefficient (Wildman–Crippen LogP) is 5.01. The lowest BCUT2D eigenvalue weighted by Crippen LogP contribution is -2.32. The second kappa shape index (κ2) is 10.1. The Bertz CT molecular complexity index is 1390. The van der Waals surface area contributed by atoms with E-state index in [0.717, 1.165) is 12.1 Å². The Labute approximate surface area is 199 Å². The van der Waals surface area contributed by atoms with E-state index in [1.165, 1.54) is 18.2 Å². The highest BCUT2D eigenvalue weighted by molar-refractivity contribution is 5.85. The molecule has 0 saturated carbocycles. The Morgan fingerprint density at radius 2 is 1.47 bits per heavy atom. The standard InChI is InChI=1S/C25H19F3N2O3.ClH/c1-13(15-7-10-19(27)20(28)12-15)29-21(14-5-8-17(26)9-6-14)16-3-2-4-18(11-16)30-22-23(31)25(33)24(22)32;/h2-13,21,29-31H,1H3;1H/t13-,21?;/m1./s1. The molecule has 0 spiro atoms. The van der Waals surface area contributed by atoms with Crippen molar-refractivity contribution in [3.05, 3.63) is 121 Å². The summed E-state index contributed by atoms with van der Waals surface area (Å²) in [7, 11) is 0. The summed E-state index contributed by atoms with van der Waals surface area (Å²) in [5, 5.41) is 15.7. The van der Waals surface area contributed by atoms with Crippen molar-refractivity contribution in [2.75, 3.05) is 5.32 Å². The largest absolute Gasteiger partial charge is 0.502 e. The lowest BCUT2D eigenvalue weighted by molar-refractivity contribution is 0.466. The molecule has 176 valence electrons. The van der Waals surface area contributed by atoms with Gasteiger partial charge in [-0.05, 0) is 60.0 Å². The summed E-state index contributed by atoms with van der Waals surface area (Å²) < 4.78 is 40.6. The molecule has 0 radical (unpaired) electrons. The molecule has 1 unspecified atom stereocenters. The minimum Gasteiger partial charge on any atom is -0.502 e. The van der Waals surface area contributed by atoms with E-state index < -0.39 is 46.1 Å². The smallest absolute Gasteiger partial charge is 0.271 e. The van der Waals surface area contributed by atoms with Gasteiger partial charge in [-0.1, -0.05) is 30.3 Å². The van der Waals surface area contributed by atoms with Crippen molar-refractivity contribution in [2.24, 2.45) is 0 Å². The molecule has 0 amide bonds. The van der Waals surface area contributed by atoms with Crippen molar-refractivity contribution in [3.8, 4) is 5.75 Å². The van der Waals surface area contributed by atoms with Crippen LogP contribution in [0.4, 0.5) is 24.5 Å².